The molecule has 1 saturated heterocycles. The highest BCUT2D eigenvalue weighted by Crippen LogP contribution is 2.04. The van der Waals surface area contributed by atoms with Gasteiger partial charge < -0.3 is 14.7 Å². The maximum Gasteiger partial charge on any atom is 0.224 e. The molecule has 0 aliphatic carbocycles. The first-order chi connectivity index (χ1) is 8.77. The standard InChI is InChI=1S/C13H26N2O3/c1-2-11-18-12-4-13(17)15-6-3-5-14(7-8-15)9-10-16/h16H,2-12H2,1H3. The van der Waals surface area contributed by atoms with Crippen molar-refractivity contribution in [2.75, 3.05) is 52.5 Å². The Hall–Kier alpha value is -0.650. The maximum absolute atomic E-state index is 12.0. The molecule has 0 aromatic heterocycles. The third-order valence-electron chi connectivity index (χ3n) is 3.17. The first-order valence-electron chi connectivity index (χ1n) is 6.96. The summed E-state index contributed by atoms with van der Waals surface area (Å²) in [6.07, 6.45) is 2.47. The van der Waals surface area contributed by atoms with Crippen molar-refractivity contribution in [1.82, 2.24) is 9.80 Å². The van der Waals surface area contributed by atoms with Gasteiger partial charge in [0.15, 0.2) is 0 Å². The molecular weight excluding hydrogens is 232 g/mol. The van der Waals surface area contributed by atoms with Crippen molar-refractivity contribution in [1.29, 1.82) is 0 Å². The second-order valence-corrected chi connectivity index (χ2v) is 4.66. The van der Waals surface area contributed by atoms with Crippen LogP contribution in [0.1, 0.15) is 26.2 Å². The summed E-state index contributed by atoms with van der Waals surface area (Å²) in [6.45, 7) is 7.66. The maximum atomic E-state index is 12.0. The number of hydrogen-bond acceptors (Lipinski definition) is 4. The summed E-state index contributed by atoms with van der Waals surface area (Å²) in [4.78, 5) is 16.1. The van der Waals surface area contributed by atoms with Gasteiger partial charge in [-0.05, 0) is 19.4 Å². The minimum Gasteiger partial charge on any atom is -0.395 e. The summed E-state index contributed by atoms with van der Waals surface area (Å²) < 4.78 is 5.34. The van der Waals surface area contributed by atoms with Gasteiger partial charge in [-0.3, -0.25) is 9.69 Å². The molecule has 0 bridgehead atoms. The Balaban J connectivity index is 2.22. The van der Waals surface area contributed by atoms with Crippen LogP contribution in [-0.2, 0) is 9.53 Å². The number of nitrogens with zero attached hydrogens (tertiary/aromatic N) is 2. The van der Waals surface area contributed by atoms with Crippen LogP contribution in [0.4, 0.5) is 0 Å². The van der Waals surface area contributed by atoms with Crippen molar-refractivity contribution in [3.63, 3.8) is 0 Å². The fraction of sp³-hybridized carbons (Fsp3) is 0.923. The highest BCUT2D eigenvalue weighted by Gasteiger charge is 2.18. The second-order valence-electron chi connectivity index (χ2n) is 4.66. The van der Waals surface area contributed by atoms with Crippen molar-refractivity contribution in [3.8, 4) is 0 Å². The number of carbonyl (C=O) groups excluding carboxylic acids is 1. The van der Waals surface area contributed by atoms with E-state index in [0.29, 0.717) is 19.6 Å². The molecule has 0 aromatic carbocycles. The molecule has 1 aliphatic heterocycles. The van der Waals surface area contributed by atoms with Crippen LogP contribution in [0.15, 0.2) is 0 Å². The molecule has 0 spiro atoms. The van der Waals surface area contributed by atoms with Crippen LogP contribution in [0.3, 0.4) is 0 Å². The zero-order valence-electron chi connectivity index (χ0n) is 11.4. The lowest BCUT2D eigenvalue weighted by atomic mass is 10.3. The predicted octanol–water partition coefficient (Wildman–Crippen LogP) is 0.330. The largest absolute Gasteiger partial charge is 0.395 e. The number of amides is 1. The number of ether oxygens (including phenoxy) is 1. The third kappa shape index (κ3) is 5.80. The molecule has 1 amide bonds. The lowest BCUT2D eigenvalue weighted by molar-refractivity contribution is -0.132. The molecule has 1 heterocycles. The summed E-state index contributed by atoms with van der Waals surface area (Å²) in [5.41, 5.74) is 0. The average Bonchev–Trinajstić information content (AvgIpc) is 2.61. The van der Waals surface area contributed by atoms with Gasteiger partial charge in [0, 0.05) is 32.8 Å². The van der Waals surface area contributed by atoms with Gasteiger partial charge in [-0.1, -0.05) is 6.92 Å². The molecule has 1 fully saturated rings. The first kappa shape index (κ1) is 15.4. The summed E-state index contributed by atoms with van der Waals surface area (Å²) in [6, 6.07) is 0. The van der Waals surface area contributed by atoms with E-state index in [9.17, 15) is 4.79 Å². The molecule has 106 valence electrons. The normalized spacial score (nSPS) is 17.8. The minimum atomic E-state index is 0.192. The first-order valence-corrected chi connectivity index (χ1v) is 6.96. The summed E-state index contributed by atoms with van der Waals surface area (Å²) in [7, 11) is 0. The molecule has 1 rings (SSSR count). The van der Waals surface area contributed by atoms with Crippen LogP contribution in [0.25, 0.3) is 0 Å². The zero-order chi connectivity index (χ0) is 13.2. The van der Waals surface area contributed by atoms with Crippen molar-refractivity contribution >= 4 is 5.91 Å². The molecule has 0 saturated carbocycles. The van der Waals surface area contributed by atoms with Gasteiger partial charge in [0.25, 0.3) is 0 Å². The van der Waals surface area contributed by atoms with E-state index in [1.807, 2.05) is 4.90 Å². The van der Waals surface area contributed by atoms with Crippen LogP contribution < -0.4 is 0 Å². The smallest absolute Gasteiger partial charge is 0.224 e. The van der Waals surface area contributed by atoms with Gasteiger partial charge >= 0.3 is 0 Å². The molecule has 0 aromatic rings. The van der Waals surface area contributed by atoms with E-state index in [-0.39, 0.29) is 12.5 Å². The molecule has 5 heteroatoms. The van der Waals surface area contributed by atoms with Gasteiger partial charge in [-0.2, -0.15) is 0 Å². The molecule has 1 N–H and O–H groups in total. The Bertz CT molecular complexity index is 236. The summed E-state index contributed by atoms with van der Waals surface area (Å²) >= 11 is 0. The quantitative estimate of drug-likeness (QED) is 0.669. The van der Waals surface area contributed by atoms with Gasteiger partial charge in [-0.25, -0.2) is 0 Å². The van der Waals surface area contributed by atoms with E-state index in [2.05, 4.69) is 11.8 Å². The molecule has 0 atom stereocenters. The fourth-order valence-corrected chi connectivity index (χ4v) is 2.15. The van der Waals surface area contributed by atoms with Gasteiger partial charge in [0.2, 0.25) is 5.91 Å². The van der Waals surface area contributed by atoms with Crippen LogP contribution in [0.5, 0.6) is 0 Å². The highest BCUT2D eigenvalue weighted by molar-refractivity contribution is 5.76. The van der Waals surface area contributed by atoms with Crippen LogP contribution in [-0.4, -0.2) is 73.4 Å². The number of β-amino-alcohol motifs (C(OH)–C–C–N with tert-alkyl or cyclic N) is 1. The topological polar surface area (TPSA) is 53.0 Å². The summed E-state index contributed by atoms with van der Waals surface area (Å²) in [5, 5.41) is 8.91. The molecule has 0 unspecified atom stereocenters. The monoisotopic (exact) mass is 258 g/mol. The lowest BCUT2D eigenvalue weighted by Gasteiger charge is -2.21. The van der Waals surface area contributed by atoms with Crippen LogP contribution in [0, 0.1) is 0 Å². The number of aliphatic hydroxyl groups excluding tert-OH is 1. The zero-order valence-corrected chi connectivity index (χ0v) is 11.4. The number of aliphatic hydroxyl groups is 1. The molecule has 18 heavy (non-hydrogen) atoms. The van der Waals surface area contributed by atoms with E-state index >= 15 is 0 Å². The molecule has 5 nitrogen and oxygen atoms in total. The van der Waals surface area contributed by atoms with Crippen molar-refractivity contribution in [2.24, 2.45) is 0 Å². The second kappa shape index (κ2) is 9.30. The van der Waals surface area contributed by atoms with E-state index in [4.69, 9.17) is 9.84 Å². The average molecular weight is 258 g/mol. The van der Waals surface area contributed by atoms with Crippen molar-refractivity contribution < 1.29 is 14.6 Å². The van der Waals surface area contributed by atoms with E-state index in [1.165, 1.54) is 0 Å². The Morgan fingerprint density at radius 1 is 1.22 bits per heavy atom. The number of carbonyl (C=O) groups is 1. The Kier molecular flexibility index (Phi) is 7.96. The Morgan fingerprint density at radius 3 is 2.78 bits per heavy atom. The van der Waals surface area contributed by atoms with Gasteiger partial charge in [0.1, 0.15) is 0 Å². The SMILES string of the molecule is CCCOCCC(=O)N1CCCN(CCO)CC1. The molecule has 0 radical (unpaired) electrons. The van der Waals surface area contributed by atoms with E-state index in [1.54, 1.807) is 0 Å². The number of hydrogen-bond donors (Lipinski definition) is 1. The molecule has 1 aliphatic rings. The van der Waals surface area contributed by atoms with Crippen molar-refractivity contribution in [2.45, 2.75) is 26.2 Å². The Morgan fingerprint density at radius 2 is 2.06 bits per heavy atom. The third-order valence-corrected chi connectivity index (χ3v) is 3.17. The molecular formula is C13H26N2O3. The van der Waals surface area contributed by atoms with Gasteiger partial charge in [0.05, 0.1) is 19.6 Å². The van der Waals surface area contributed by atoms with Gasteiger partial charge in [-0.15, -0.1) is 0 Å². The summed E-state index contributed by atoms with van der Waals surface area (Å²) in [5.74, 6) is 0.192. The van der Waals surface area contributed by atoms with E-state index in [0.717, 1.165) is 45.6 Å². The van der Waals surface area contributed by atoms with Crippen molar-refractivity contribution in [3.05, 3.63) is 0 Å². The fourth-order valence-electron chi connectivity index (χ4n) is 2.15. The minimum absolute atomic E-state index is 0.192. The van der Waals surface area contributed by atoms with Crippen LogP contribution in [0.2, 0.25) is 0 Å². The Labute approximate surface area is 110 Å². The number of rotatable bonds is 7. The van der Waals surface area contributed by atoms with E-state index < -0.39 is 0 Å². The lowest BCUT2D eigenvalue weighted by Crippen LogP contribution is -2.36. The van der Waals surface area contributed by atoms with Crippen LogP contribution >= 0.6 is 0 Å². The highest BCUT2D eigenvalue weighted by atomic mass is 16.5. The predicted molar refractivity (Wildman–Crippen MR) is 70.4 cm³/mol.